The molecule has 1 unspecified atom stereocenters. The van der Waals surface area contributed by atoms with Gasteiger partial charge in [0, 0.05) is 35.6 Å². The van der Waals surface area contributed by atoms with Crippen molar-refractivity contribution in [1.29, 1.82) is 0 Å². The summed E-state index contributed by atoms with van der Waals surface area (Å²) in [5, 5.41) is 5.97. The van der Waals surface area contributed by atoms with Gasteiger partial charge in [-0.1, -0.05) is 12.8 Å². The van der Waals surface area contributed by atoms with Gasteiger partial charge in [0.15, 0.2) is 11.6 Å². The molecule has 2 atom stereocenters. The molecule has 0 aliphatic heterocycles. The van der Waals surface area contributed by atoms with E-state index in [-0.39, 0.29) is 40.5 Å². The summed E-state index contributed by atoms with van der Waals surface area (Å²) in [4.78, 5) is 20.3. The molecule has 2 aromatic heterocycles. The summed E-state index contributed by atoms with van der Waals surface area (Å²) in [6.45, 7) is 0. The Bertz CT molecular complexity index is 1190. The van der Waals surface area contributed by atoms with E-state index in [0.29, 0.717) is 5.69 Å². The van der Waals surface area contributed by atoms with Gasteiger partial charge in [0.25, 0.3) is 5.91 Å². The van der Waals surface area contributed by atoms with E-state index in [2.05, 4.69) is 20.6 Å². The van der Waals surface area contributed by atoms with Crippen molar-refractivity contribution in [2.24, 2.45) is 11.5 Å². The smallest absolute Gasteiger partial charge is 0.252 e. The van der Waals surface area contributed by atoms with Crippen molar-refractivity contribution in [2.75, 3.05) is 10.6 Å². The summed E-state index contributed by atoms with van der Waals surface area (Å²) < 4.78 is 42.1. The Morgan fingerprint density at radius 3 is 2.52 bits per heavy atom. The van der Waals surface area contributed by atoms with Crippen LogP contribution in [0.1, 0.15) is 36.0 Å². The zero-order valence-corrected chi connectivity index (χ0v) is 17.6. The number of pyridine rings is 2. The number of rotatable bonds is 6. The van der Waals surface area contributed by atoms with E-state index < -0.39 is 23.4 Å². The molecular formula is C23H23F3N6O. The molecule has 172 valence electrons. The van der Waals surface area contributed by atoms with Crippen LogP contribution < -0.4 is 22.1 Å². The first kappa shape index (κ1) is 22.5. The third-order valence-electron chi connectivity index (χ3n) is 5.61. The van der Waals surface area contributed by atoms with Crippen molar-refractivity contribution in [3.05, 3.63) is 65.6 Å². The molecule has 3 aromatic rings. The highest BCUT2D eigenvalue weighted by atomic mass is 19.1. The molecule has 1 amide bonds. The molecule has 4 rings (SSSR count). The van der Waals surface area contributed by atoms with Crippen LogP contribution in [0.25, 0.3) is 11.3 Å². The van der Waals surface area contributed by atoms with Gasteiger partial charge in [-0.3, -0.25) is 9.78 Å². The topological polar surface area (TPSA) is 119 Å². The second-order valence-electron chi connectivity index (χ2n) is 7.96. The third-order valence-corrected chi connectivity index (χ3v) is 5.61. The normalized spacial score (nSPS) is 18.1. The zero-order chi connectivity index (χ0) is 23.5. The Kier molecular flexibility index (Phi) is 6.45. The lowest BCUT2D eigenvalue weighted by Gasteiger charge is -2.30. The lowest BCUT2D eigenvalue weighted by molar-refractivity contribution is 0.100. The summed E-state index contributed by atoms with van der Waals surface area (Å²) in [5.41, 5.74) is 12.1. The molecule has 0 bridgehead atoms. The van der Waals surface area contributed by atoms with Crippen LogP contribution in [0.3, 0.4) is 0 Å². The minimum absolute atomic E-state index is 0.0208. The summed E-state index contributed by atoms with van der Waals surface area (Å²) in [5.74, 6) is -3.10. The highest BCUT2D eigenvalue weighted by Crippen LogP contribution is 2.29. The molecular weight excluding hydrogens is 433 g/mol. The minimum atomic E-state index is -0.872. The second kappa shape index (κ2) is 9.45. The quantitative estimate of drug-likeness (QED) is 0.444. The van der Waals surface area contributed by atoms with Gasteiger partial charge in [0.2, 0.25) is 0 Å². The molecule has 2 heterocycles. The van der Waals surface area contributed by atoms with E-state index in [9.17, 15) is 18.0 Å². The van der Waals surface area contributed by atoms with Crippen molar-refractivity contribution >= 4 is 23.2 Å². The van der Waals surface area contributed by atoms with E-state index >= 15 is 0 Å². The van der Waals surface area contributed by atoms with Gasteiger partial charge in [-0.2, -0.15) is 0 Å². The zero-order valence-electron chi connectivity index (χ0n) is 17.6. The number of hydrogen-bond acceptors (Lipinski definition) is 6. The number of benzene rings is 1. The summed E-state index contributed by atoms with van der Waals surface area (Å²) >= 11 is 0. The maximum absolute atomic E-state index is 14.7. The average Bonchev–Trinajstić information content (AvgIpc) is 2.77. The summed E-state index contributed by atoms with van der Waals surface area (Å²) in [6, 6.07) is 6.94. The number of nitrogens with one attached hydrogen (secondary N) is 2. The van der Waals surface area contributed by atoms with Crippen molar-refractivity contribution in [3.63, 3.8) is 0 Å². The molecule has 0 saturated heterocycles. The van der Waals surface area contributed by atoms with Gasteiger partial charge in [0.1, 0.15) is 17.5 Å². The summed E-state index contributed by atoms with van der Waals surface area (Å²) in [6.07, 6.45) is 5.00. The minimum Gasteiger partial charge on any atom is -0.365 e. The monoisotopic (exact) mass is 456 g/mol. The highest BCUT2D eigenvalue weighted by Gasteiger charge is 2.24. The van der Waals surface area contributed by atoms with E-state index in [1.807, 2.05) is 0 Å². The number of aromatic nitrogens is 2. The Balaban J connectivity index is 1.66. The maximum atomic E-state index is 14.7. The van der Waals surface area contributed by atoms with Crippen molar-refractivity contribution in [2.45, 2.75) is 37.8 Å². The van der Waals surface area contributed by atoms with Crippen LogP contribution >= 0.6 is 0 Å². The fourth-order valence-corrected chi connectivity index (χ4v) is 3.88. The largest absolute Gasteiger partial charge is 0.365 e. The highest BCUT2D eigenvalue weighted by molar-refractivity contribution is 5.98. The number of carbonyl (C=O) groups is 1. The first-order chi connectivity index (χ1) is 15.8. The van der Waals surface area contributed by atoms with Crippen molar-refractivity contribution < 1.29 is 18.0 Å². The van der Waals surface area contributed by atoms with Gasteiger partial charge < -0.3 is 22.1 Å². The van der Waals surface area contributed by atoms with Crippen molar-refractivity contribution in [1.82, 2.24) is 9.97 Å². The predicted molar refractivity (Wildman–Crippen MR) is 119 cm³/mol. The SMILES string of the molecule is NC(=O)c1cc(F)c(NC2CCCC[C@@H]2N)nc1Nc1ccnc(-c2ccc(F)cc2F)c1. The number of anilines is 3. The molecule has 1 aromatic carbocycles. The van der Waals surface area contributed by atoms with E-state index in [0.717, 1.165) is 43.9 Å². The Hall–Kier alpha value is -3.66. The number of nitrogens with zero attached hydrogens (tertiary/aromatic N) is 2. The molecule has 1 aliphatic rings. The average molecular weight is 456 g/mol. The molecule has 1 fully saturated rings. The molecule has 0 radical (unpaired) electrons. The predicted octanol–water partition coefficient (Wildman–Crippen LogP) is 4.09. The van der Waals surface area contributed by atoms with Gasteiger partial charge in [0.05, 0.1) is 11.3 Å². The van der Waals surface area contributed by atoms with Gasteiger partial charge in [-0.05, 0) is 43.2 Å². The van der Waals surface area contributed by atoms with E-state index in [1.165, 1.54) is 18.3 Å². The number of primary amides is 1. The van der Waals surface area contributed by atoms with Crippen LogP contribution in [0.4, 0.5) is 30.5 Å². The van der Waals surface area contributed by atoms with Crippen LogP contribution in [0.5, 0.6) is 0 Å². The van der Waals surface area contributed by atoms with Gasteiger partial charge in [-0.25, -0.2) is 18.2 Å². The number of nitrogens with two attached hydrogens (primary N) is 2. The standard InChI is InChI=1S/C23H23F3N6O/c24-12-5-6-14(16(25)9-12)20-10-13(7-8-29-20)30-22-15(21(28)33)11-17(26)23(32-22)31-19-4-2-1-3-18(19)27/h5-11,18-19H,1-4,27H2,(H2,28,33)(H2,29,30,31,32)/t18-,19?/m0/s1. The number of amides is 1. The molecule has 0 spiro atoms. The molecule has 6 N–H and O–H groups in total. The van der Waals surface area contributed by atoms with Crippen molar-refractivity contribution in [3.8, 4) is 11.3 Å². The fraction of sp³-hybridized carbons (Fsp3) is 0.261. The second-order valence-corrected chi connectivity index (χ2v) is 7.96. The van der Waals surface area contributed by atoms with Crippen LogP contribution in [0.15, 0.2) is 42.6 Å². The molecule has 1 saturated carbocycles. The Morgan fingerprint density at radius 2 is 1.79 bits per heavy atom. The van der Waals surface area contributed by atoms with Crippen LogP contribution in [0.2, 0.25) is 0 Å². The van der Waals surface area contributed by atoms with E-state index in [1.54, 1.807) is 6.07 Å². The lowest BCUT2D eigenvalue weighted by atomic mass is 9.91. The van der Waals surface area contributed by atoms with Crippen LogP contribution in [0, 0.1) is 17.5 Å². The fourth-order valence-electron chi connectivity index (χ4n) is 3.88. The number of hydrogen-bond donors (Lipinski definition) is 4. The van der Waals surface area contributed by atoms with Gasteiger partial charge in [-0.15, -0.1) is 0 Å². The Labute approximate surface area is 188 Å². The molecule has 1 aliphatic carbocycles. The van der Waals surface area contributed by atoms with Gasteiger partial charge >= 0.3 is 0 Å². The maximum Gasteiger partial charge on any atom is 0.252 e. The number of carbonyl (C=O) groups excluding carboxylic acids is 1. The molecule has 7 nitrogen and oxygen atoms in total. The lowest BCUT2D eigenvalue weighted by Crippen LogP contribution is -2.43. The van der Waals surface area contributed by atoms with Crippen LogP contribution in [-0.2, 0) is 0 Å². The molecule has 33 heavy (non-hydrogen) atoms. The number of halogens is 3. The van der Waals surface area contributed by atoms with Crippen LogP contribution in [-0.4, -0.2) is 28.0 Å². The van der Waals surface area contributed by atoms with E-state index in [4.69, 9.17) is 11.5 Å². The molecule has 10 heteroatoms. The summed E-state index contributed by atoms with van der Waals surface area (Å²) in [7, 11) is 0. The third kappa shape index (κ3) is 5.06. The first-order valence-corrected chi connectivity index (χ1v) is 10.5. The first-order valence-electron chi connectivity index (χ1n) is 10.5. The Morgan fingerprint density at radius 1 is 1.00 bits per heavy atom.